The number of esters is 1. The lowest BCUT2D eigenvalue weighted by molar-refractivity contribution is -0.00555. The molecular formula is C16H24O7. The highest BCUT2D eigenvalue weighted by atomic mass is 16.6. The highest BCUT2D eigenvalue weighted by molar-refractivity contribution is 5.92. The van der Waals surface area contributed by atoms with Crippen molar-refractivity contribution >= 4 is 5.97 Å². The van der Waals surface area contributed by atoms with E-state index in [2.05, 4.69) is 0 Å². The van der Waals surface area contributed by atoms with E-state index in [1.165, 1.54) is 12.1 Å². The van der Waals surface area contributed by atoms with Gasteiger partial charge in [-0.2, -0.15) is 0 Å². The molecule has 0 aromatic heterocycles. The van der Waals surface area contributed by atoms with Crippen molar-refractivity contribution in [2.75, 3.05) is 60.0 Å². The summed E-state index contributed by atoms with van der Waals surface area (Å²) < 4.78 is 25.6. The van der Waals surface area contributed by atoms with Gasteiger partial charge in [0.2, 0.25) is 0 Å². The first-order chi connectivity index (χ1) is 11.3. The summed E-state index contributed by atoms with van der Waals surface area (Å²) in [6.07, 6.45) is 0. The first-order valence-corrected chi connectivity index (χ1v) is 7.43. The van der Waals surface area contributed by atoms with Crippen LogP contribution in [0.4, 0.5) is 0 Å². The third-order valence-electron chi connectivity index (χ3n) is 2.76. The third kappa shape index (κ3) is 9.14. The van der Waals surface area contributed by atoms with Crippen LogP contribution < -0.4 is 0 Å². The average molecular weight is 328 g/mol. The molecule has 0 atom stereocenters. The van der Waals surface area contributed by atoms with Crippen molar-refractivity contribution in [3.63, 3.8) is 0 Å². The van der Waals surface area contributed by atoms with Crippen molar-refractivity contribution in [1.29, 1.82) is 0 Å². The Labute approximate surface area is 136 Å². The van der Waals surface area contributed by atoms with Gasteiger partial charge in [-0.25, -0.2) is 4.79 Å². The number of carbonyl (C=O) groups is 1. The molecule has 7 heteroatoms. The molecule has 23 heavy (non-hydrogen) atoms. The van der Waals surface area contributed by atoms with E-state index in [1.54, 1.807) is 19.2 Å². The highest BCUT2D eigenvalue weighted by Gasteiger charge is 2.10. The molecule has 0 saturated carbocycles. The van der Waals surface area contributed by atoms with Crippen molar-refractivity contribution in [3.8, 4) is 5.75 Å². The second-order valence-electron chi connectivity index (χ2n) is 4.48. The minimum atomic E-state index is -0.573. The van der Waals surface area contributed by atoms with E-state index < -0.39 is 5.97 Å². The van der Waals surface area contributed by atoms with Crippen LogP contribution in [0.2, 0.25) is 0 Å². The van der Waals surface area contributed by atoms with Gasteiger partial charge in [-0.1, -0.05) is 12.1 Å². The number of aromatic hydroxyl groups is 1. The molecule has 0 radical (unpaired) electrons. The normalized spacial score (nSPS) is 10.7. The van der Waals surface area contributed by atoms with Crippen LogP contribution in [-0.4, -0.2) is 71.0 Å². The quantitative estimate of drug-likeness (QED) is 0.431. The molecule has 1 aromatic carbocycles. The van der Waals surface area contributed by atoms with E-state index >= 15 is 0 Å². The Morgan fingerprint density at radius 2 is 1.39 bits per heavy atom. The summed E-state index contributed by atoms with van der Waals surface area (Å²) in [5, 5.41) is 9.51. The molecule has 0 aliphatic heterocycles. The van der Waals surface area contributed by atoms with E-state index in [-0.39, 0.29) is 24.5 Å². The Bertz CT molecular complexity index is 436. The Kier molecular flexibility index (Phi) is 10.8. The summed E-state index contributed by atoms with van der Waals surface area (Å²) in [4.78, 5) is 11.7. The Balaban J connectivity index is 1.92. The molecule has 0 aliphatic carbocycles. The number of hydrogen-bond donors (Lipinski definition) is 1. The number of phenolic OH excluding ortho intramolecular Hbond substituents is 1. The lowest BCUT2D eigenvalue weighted by Gasteiger charge is -2.08. The fraction of sp³-hybridized carbons (Fsp3) is 0.562. The van der Waals surface area contributed by atoms with Gasteiger partial charge >= 0.3 is 5.97 Å². The van der Waals surface area contributed by atoms with E-state index in [1.807, 2.05) is 0 Å². The number of ether oxygens (including phenoxy) is 5. The van der Waals surface area contributed by atoms with Gasteiger partial charge in [0.15, 0.2) is 0 Å². The molecule has 0 bridgehead atoms. The summed E-state index contributed by atoms with van der Waals surface area (Å²) in [7, 11) is 1.62. The van der Waals surface area contributed by atoms with Crippen molar-refractivity contribution in [2.24, 2.45) is 0 Å². The summed E-state index contributed by atoms with van der Waals surface area (Å²) in [6, 6.07) is 6.23. The van der Waals surface area contributed by atoms with Crippen molar-refractivity contribution < 1.29 is 33.6 Å². The van der Waals surface area contributed by atoms with Gasteiger partial charge in [0.1, 0.15) is 17.9 Å². The van der Waals surface area contributed by atoms with Crippen LogP contribution in [-0.2, 0) is 23.7 Å². The lowest BCUT2D eigenvalue weighted by Crippen LogP contribution is -2.14. The van der Waals surface area contributed by atoms with Gasteiger partial charge in [-0.15, -0.1) is 0 Å². The Morgan fingerprint density at radius 1 is 0.870 bits per heavy atom. The SMILES string of the molecule is COCCOCCOCCOCCOC(=O)c1ccccc1O. The van der Waals surface area contributed by atoms with Crippen molar-refractivity contribution in [2.45, 2.75) is 0 Å². The van der Waals surface area contributed by atoms with E-state index in [4.69, 9.17) is 23.7 Å². The summed E-state index contributed by atoms with van der Waals surface area (Å²) in [5.41, 5.74) is 0.143. The van der Waals surface area contributed by atoms with Crippen LogP contribution in [0.3, 0.4) is 0 Å². The van der Waals surface area contributed by atoms with E-state index in [9.17, 15) is 9.90 Å². The lowest BCUT2D eigenvalue weighted by atomic mass is 10.2. The highest BCUT2D eigenvalue weighted by Crippen LogP contribution is 2.16. The Hall–Kier alpha value is -1.67. The summed E-state index contributed by atoms with van der Waals surface area (Å²) in [6.45, 7) is 3.38. The fourth-order valence-electron chi connectivity index (χ4n) is 1.60. The number of hydrogen-bond acceptors (Lipinski definition) is 7. The zero-order valence-corrected chi connectivity index (χ0v) is 13.4. The van der Waals surface area contributed by atoms with Crippen LogP contribution in [0.1, 0.15) is 10.4 Å². The monoisotopic (exact) mass is 328 g/mol. The van der Waals surface area contributed by atoms with Gasteiger partial charge in [0.25, 0.3) is 0 Å². The first-order valence-electron chi connectivity index (χ1n) is 7.43. The average Bonchev–Trinajstić information content (AvgIpc) is 2.56. The maximum atomic E-state index is 11.7. The summed E-state index contributed by atoms with van der Waals surface area (Å²) >= 11 is 0. The van der Waals surface area contributed by atoms with Crippen LogP contribution in [0.5, 0.6) is 5.75 Å². The smallest absolute Gasteiger partial charge is 0.341 e. The van der Waals surface area contributed by atoms with Gasteiger partial charge in [-0.3, -0.25) is 0 Å². The molecule has 0 saturated heterocycles. The minimum Gasteiger partial charge on any atom is -0.507 e. The first kappa shape index (κ1) is 19.4. The minimum absolute atomic E-state index is 0.0977. The molecule has 1 N–H and O–H groups in total. The zero-order valence-electron chi connectivity index (χ0n) is 13.4. The molecule has 7 nitrogen and oxygen atoms in total. The topological polar surface area (TPSA) is 83.5 Å². The summed E-state index contributed by atoms with van der Waals surface area (Å²) in [5.74, 6) is -0.671. The molecule has 0 unspecified atom stereocenters. The molecule has 0 fully saturated rings. The van der Waals surface area contributed by atoms with Gasteiger partial charge in [-0.05, 0) is 12.1 Å². The van der Waals surface area contributed by atoms with Crippen molar-refractivity contribution in [1.82, 2.24) is 0 Å². The molecule has 1 rings (SSSR count). The van der Waals surface area contributed by atoms with Crippen LogP contribution in [0, 0.1) is 0 Å². The second-order valence-corrected chi connectivity index (χ2v) is 4.48. The standard InChI is InChI=1S/C16H24O7/c1-19-6-7-20-8-9-21-10-11-22-12-13-23-16(18)14-4-2-3-5-15(14)17/h2-5,17H,6-13H2,1H3. The van der Waals surface area contributed by atoms with Crippen LogP contribution in [0.15, 0.2) is 24.3 Å². The van der Waals surface area contributed by atoms with Crippen LogP contribution >= 0.6 is 0 Å². The number of para-hydroxylation sites is 1. The molecular weight excluding hydrogens is 304 g/mol. The maximum Gasteiger partial charge on any atom is 0.341 e. The molecule has 130 valence electrons. The van der Waals surface area contributed by atoms with Gasteiger partial charge < -0.3 is 28.8 Å². The molecule has 0 aliphatic rings. The third-order valence-corrected chi connectivity index (χ3v) is 2.76. The predicted octanol–water partition coefficient (Wildman–Crippen LogP) is 1.25. The maximum absolute atomic E-state index is 11.7. The molecule has 0 heterocycles. The number of methoxy groups -OCH3 is 1. The second kappa shape index (κ2) is 12.8. The number of carbonyl (C=O) groups excluding carboxylic acids is 1. The van der Waals surface area contributed by atoms with Gasteiger partial charge in [0, 0.05) is 7.11 Å². The largest absolute Gasteiger partial charge is 0.507 e. The van der Waals surface area contributed by atoms with Gasteiger partial charge in [0.05, 0.1) is 46.2 Å². The predicted molar refractivity (Wildman–Crippen MR) is 82.7 cm³/mol. The van der Waals surface area contributed by atoms with Crippen molar-refractivity contribution in [3.05, 3.63) is 29.8 Å². The number of rotatable bonds is 13. The number of benzene rings is 1. The number of phenols is 1. The molecule has 0 amide bonds. The Morgan fingerprint density at radius 3 is 1.96 bits per heavy atom. The van der Waals surface area contributed by atoms with E-state index in [0.29, 0.717) is 39.6 Å². The zero-order chi connectivity index (χ0) is 16.8. The van der Waals surface area contributed by atoms with Crippen LogP contribution in [0.25, 0.3) is 0 Å². The van der Waals surface area contributed by atoms with E-state index in [0.717, 1.165) is 0 Å². The molecule has 0 spiro atoms. The molecule has 1 aromatic rings. The fourth-order valence-corrected chi connectivity index (χ4v) is 1.60.